The molecule has 0 bridgehead atoms. The Morgan fingerprint density at radius 2 is 1.79 bits per heavy atom. The van der Waals surface area contributed by atoms with Crippen LogP contribution in [0.1, 0.15) is 47.5 Å². The van der Waals surface area contributed by atoms with E-state index in [0.29, 0.717) is 0 Å². The van der Waals surface area contributed by atoms with Crippen molar-refractivity contribution < 1.29 is 0 Å². The van der Waals surface area contributed by atoms with Crippen LogP contribution in [-0.4, -0.2) is 0 Å². The lowest BCUT2D eigenvalue weighted by Crippen LogP contribution is -2.12. The number of hydrogen-bond donors (Lipinski definition) is 0. The minimum Gasteiger partial charge on any atom is -0.0988 e. The van der Waals surface area contributed by atoms with Gasteiger partial charge in [-0.1, -0.05) is 57.6 Å². The highest BCUT2D eigenvalue weighted by atomic mass is 14.2. The monoisotopic (exact) mass is 192 g/mol. The lowest BCUT2D eigenvalue weighted by atomic mass is 9.80. The molecule has 0 atom stereocenters. The molecule has 0 saturated heterocycles. The summed E-state index contributed by atoms with van der Waals surface area (Å²) in [6.07, 6.45) is 8.76. The van der Waals surface area contributed by atoms with Crippen LogP contribution < -0.4 is 0 Å². The van der Waals surface area contributed by atoms with Crippen LogP contribution >= 0.6 is 0 Å². The molecule has 0 N–H and O–H groups in total. The molecule has 0 unspecified atom stereocenters. The molecule has 0 rings (SSSR count). The van der Waals surface area contributed by atoms with E-state index in [9.17, 15) is 0 Å². The third kappa shape index (κ3) is 4.45. The van der Waals surface area contributed by atoms with Gasteiger partial charge in [0.2, 0.25) is 0 Å². The minimum atomic E-state index is 0.252. The fraction of sp³-hybridized carbons (Fsp3) is 0.571. The van der Waals surface area contributed by atoms with Gasteiger partial charge in [-0.3, -0.25) is 0 Å². The van der Waals surface area contributed by atoms with Crippen molar-refractivity contribution in [2.24, 2.45) is 5.41 Å². The SMILES string of the molecule is C=C/C(=C\C=C(C)C)C(C)(C)CCC. The van der Waals surface area contributed by atoms with Crippen molar-refractivity contribution in [3.63, 3.8) is 0 Å². The van der Waals surface area contributed by atoms with Gasteiger partial charge >= 0.3 is 0 Å². The Hall–Kier alpha value is -0.780. The van der Waals surface area contributed by atoms with E-state index in [1.807, 2.05) is 6.08 Å². The largest absolute Gasteiger partial charge is 0.0988 e. The van der Waals surface area contributed by atoms with Crippen LogP contribution in [0.2, 0.25) is 0 Å². The van der Waals surface area contributed by atoms with Crippen LogP contribution in [0.5, 0.6) is 0 Å². The maximum absolute atomic E-state index is 3.89. The Kier molecular flexibility index (Phi) is 5.52. The van der Waals surface area contributed by atoms with Gasteiger partial charge in [-0.05, 0) is 31.3 Å². The molecule has 0 spiro atoms. The number of hydrogen-bond acceptors (Lipinski definition) is 0. The van der Waals surface area contributed by atoms with Gasteiger partial charge in [-0.2, -0.15) is 0 Å². The van der Waals surface area contributed by atoms with E-state index in [1.165, 1.54) is 24.0 Å². The highest BCUT2D eigenvalue weighted by Gasteiger charge is 2.19. The first kappa shape index (κ1) is 13.2. The smallest absolute Gasteiger partial charge is 0.0104 e. The van der Waals surface area contributed by atoms with Gasteiger partial charge in [0.15, 0.2) is 0 Å². The van der Waals surface area contributed by atoms with Crippen LogP contribution in [0.15, 0.2) is 36.0 Å². The molecule has 0 nitrogen and oxygen atoms in total. The molecule has 0 radical (unpaired) electrons. The standard InChI is InChI=1S/C14H24/c1-7-11-14(5,6)13(8-2)10-9-12(3)4/h8-10H,2,7,11H2,1,3-6H3/b13-10+. The second-order valence-corrected chi connectivity index (χ2v) is 4.70. The summed E-state index contributed by atoms with van der Waals surface area (Å²) in [4.78, 5) is 0. The van der Waals surface area contributed by atoms with Gasteiger partial charge in [0.1, 0.15) is 0 Å². The molecule has 0 heterocycles. The second-order valence-electron chi connectivity index (χ2n) is 4.70. The fourth-order valence-electron chi connectivity index (χ4n) is 1.60. The van der Waals surface area contributed by atoms with Crippen LogP contribution in [0.4, 0.5) is 0 Å². The molecular formula is C14H24. The summed E-state index contributed by atoms with van der Waals surface area (Å²) in [5, 5.41) is 0. The predicted molar refractivity (Wildman–Crippen MR) is 66.4 cm³/mol. The molecule has 0 saturated carbocycles. The second kappa shape index (κ2) is 5.85. The molecule has 80 valence electrons. The average molecular weight is 192 g/mol. The lowest BCUT2D eigenvalue weighted by molar-refractivity contribution is 0.412. The van der Waals surface area contributed by atoms with Crippen molar-refractivity contribution in [3.05, 3.63) is 36.0 Å². The third-order valence-corrected chi connectivity index (χ3v) is 2.47. The normalized spacial score (nSPS) is 12.5. The Balaban J connectivity index is 4.79. The first-order valence-electron chi connectivity index (χ1n) is 5.42. The van der Waals surface area contributed by atoms with Crippen LogP contribution in [0, 0.1) is 5.41 Å². The van der Waals surface area contributed by atoms with Gasteiger partial charge in [-0.25, -0.2) is 0 Å². The van der Waals surface area contributed by atoms with Gasteiger partial charge in [0, 0.05) is 0 Å². The van der Waals surface area contributed by atoms with Crippen molar-refractivity contribution in [1.82, 2.24) is 0 Å². The lowest BCUT2D eigenvalue weighted by Gasteiger charge is -2.25. The zero-order chi connectivity index (χ0) is 11.2. The van der Waals surface area contributed by atoms with Crippen molar-refractivity contribution in [2.75, 3.05) is 0 Å². The van der Waals surface area contributed by atoms with E-state index in [0.717, 1.165) is 0 Å². The van der Waals surface area contributed by atoms with E-state index in [1.54, 1.807) is 0 Å². The minimum absolute atomic E-state index is 0.252. The van der Waals surface area contributed by atoms with E-state index in [4.69, 9.17) is 0 Å². The van der Waals surface area contributed by atoms with E-state index in [2.05, 4.69) is 53.3 Å². The zero-order valence-electron chi connectivity index (χ0n) is 10.4. The maximum atomic E-state index is 3.89. The summed E-state index contributed by atoms with van der Waals surface area (Å²) in [6, 6.07) is 0. The van der Waals surface area contributed by atoms with Crippen molar-refractivity contribution >= 4 is 0 Å². The maximum Gasteiger partial charge on any atom is -0.0104 e. The molecule has 0 heteroatoms. The summed E-state index contributed by atoms with van der Waals surface area (Å²) >= 11 is 0. The van der Waals surface area contributed by atoms with E-state index >= 15 is 0 Å². The van der Waals surface area contributed by atoms with Gasteiger partial charge in [-0.15, -0.1) is 0 Å². The zero-order valence-corrected chi connectivity index (χ0v) is 10.4. The summed E-state index contributed by atoms with van der Waals surface area (Å²) < 4.78 is 0. The van der Waals surface area contributed by atoms with Crippen molar-refractivity contribution in [2.45, 2.75) is 47.5 Å². The highest BCUT2D eigenvalue weighted by Crippen LogP contribution is 2.32. The molecule has 0 aliphatic rings. The molecule has 0 fully saturated rings. The van der Waals surface area contributed by atoms with Crippen molar-refractivity contribution in [1.29, 1.82) is 0 Å². The topological polar surface area (TPSA) is 0 Å². The first-order valence-corrected chi connectivity index (χ1v) is 5.42. The number of rotatable bonds is 5. The fourth-order valence-corrected chi connectivity index (χ4v) is 1.60. The first-order chi connectivity index (χ1) is 6.44. The average Bonchev–Trinajstić information content (AvgIpc) is 2.03. The molecule has 0 amide bonds. The Morgan fingerprint density at radius 1 is 1.21 bits per heavy atom. The van der Waals surface area contributed by atoms with E-state index < -0.39 is 0 Å². The molecule has 0 aromatic carbocycles. The molecule has 0 aliphatic heterocycles. The van der Waals surface area contributed by atoms with Crippen LogP contribution in [-0.2, 0) is 0 Å². The number of allylic oxidation sites excluding steroid dienone is 5. The van der Waals surface area contributed by atoms with Gasteiger partial charge < -0.3 is 0 Å². The molecule has 14 heavy (non-hydrogen) atoms. The van der Waals surface area contributed by atoms with Crippen LogP contribution in [0.3, 0.4) is 0 Å². The molecule has 0 aromatic rings. The highest BCUT2D eigenvalue weighted by molar-refractivity contribution is 5.29. The predicted octanol–water partition coefficient (Wildman–Crippen LogP) is 4.89. The Morgan fingerprint density at radius 3 is 2.14 bits per heavy atom. The summed E-state index contributed by atoms with van der Waals surface area (Å²) in [7, 11) is 0. The molecule has 0 aliphatic carbocycles. The molecule has 0 aromatic heterocycles. The summed E-state index contributed by atoms with van der Waals surface area (Å²) in [5.41, 5.74) is 2.92. The molecular weight excluding hydrogens is 168 g/mol. The van der Waals surface area contributed by atoms with Gasteiger partial charge in [0.25, 0.3) is 0 Å². The Labute approximate surface area is 89.4 Å². The van der Waals surface area contributed by atoms with Crippen molar-refractivity contribution in [3.8, 4) is 0 Å². The summed E-state index contributed by atoms with van der Waals surface area (Å²) in [6.45, 7) is 14.9. The van der Waals surface area contributed by atoms with E-state index in [-0.39, 0.29) is 5.41 Å². The third-order valence-electron chi connectivity index (χ3n) is 2.47. The van der Waals surface area contributed by atoms with Gasteiger partial charge in [0.05, 0.1) is 0 Å². The quantitative estimate of drug-likeness (QED) is 0.544. The van der Waals surface area contributed by atoms with Crippen LogP contribution in [0.25, 0.3) is 0 Å². The Bertz CT molecular complexity index is 235. The summed E-state index contributed by atoms with van der Waals surface area (Å²) in [5.74, 6) is 0.